The number of rotatable bonds is 11. The number of aryl methyl sites for hydroxylation is 1. The van der Waals surface area contributed by atoms with E-state index in [2.05, 4.69) is 20.9 Å². The van der Waals surface area contributed by atoms with E-state index in [-0.39, 0.29) is 56.8 Å². The van der Waals surface area contributed by atoms with E-state index in [1.54, 1.807) is 35.0 Å². The number of nitrogens with zero attached hydrogens (tertiary/aromatic N) is 5. The molecule has 1 amide bonds. The second kappa shape index (κ2) is 15.2. The maximum Gasteiger partial charge on any atom is 0.269 e. The zero-order valence-electron chi connectivity index (χ0n) is 28.7. The number of nitriles is 1. The third kappa shape index (κ3) is 6.43. The third-order valence-corrected chi connectivity index (χ3v) is 10.3. The number of carbonyl (C=O) groups excluding carboxylic acids is 1. The van der Waals surface area contributed by atoms with Crippen LogP contribution in [0.4, 0.5) is 8.78 Å². The lowest BCUT2D eigenvalue weighted by molar-refractivity contribution is 0.0959. The molecule has 0 radical (unpaired) electrons. The van der Waals surface area contributed by atoms with Crippen LogP contribution in [0.15, 0.2) is 71.9 Å². The molecule has 52 heavy (non-hydrogen) atoms. The Morgan fingerprint density at radius 3 is 2.60 bits per heavy atom. The number of benzene rings is 3. The van der Waals surface area contributed by atoms with Crippen LogP contribution in [0.25, 0.3) is 44.2 Å². The molecule has 0 aliphatic heterocycles. The first-order chi connectivity index (χ1) is 25.1. The van der Waals surface area contributed by atoms with Crippen LogP contribution in [-0.2, 0) is 6.42 Å². The van der Waals surface area contributed by atoms with E-state index in [9.17, 15) is 14.9 Å². The molecule has 2 atom stereocenters. The van der Waals surface area contributed by atoms with Crippen LogP contribution in [0.2, 0.25) is 10.0 Å². The molecule has 0 aliphatic carbocycles. The van der Waals surface area contributed by atoms with Gasteiger partial charge in [0.1, 0.15) is 11.3 Å². The zero-order chi connectivity index (χ0) is 37.3. The quantitative estimate of drug-likeness (QED) is 0.137. The molecule has 266 valence electrons. The van der Waals surface area contributed by atoms with Gasteiger partial charge in [0.25, 0.3) is 11.5 Å². The van der Waals surface area contributed by atoms with Crippen molar-refractivity contribution in [2.75, 3.05) is 13.6 Å². The standard InChI is InChI=1S/C39H35Cl2F2N7O2/c1-4-24(12-14-45)50-31(21(2)49-16-15-47-20-32(49)51)19-28-36(23-10-11-25(30(42)18-23)39(52)46-3)48-37-27(38(28)50)17-22(7-6-13-44)33(35(37)43)26-8-5-9-29(40)34(26)41/h5,8-11,15-21,24H,4,6-7,12,14,45H2,1-3H3,(H,46,52). The molecule has 0 spiro atoms. The van der Waals surface area contributed by atoms with Crippen molar-refractivity contribution >= 4 is 50.9 Å². The van der Waals surface area contributed by atoms with Gasteiger partial charge in [-0.05, 0) is 68.6 Å². The number of fused-ring (bicyclic) bond motifs is 3. The van der Waals surface area contributed by atoms with Crippen molar-refractivity contribution in [2.45, 2.75) is 51.6 Å². The van der Waals surface area contributed by atoms with Crippen LogP contribution in [0, 0.1) is 23.0 Å². The highest BCUT2D eigenvalue weighted by atomic mass is 35.5. The molecule has 3 aromatic heterocycles. The minimum absolute atomic E-state index is 0.0210. The molecule has 0 saturated carbocycles. The molecule has 3 N–H and O–H groups in total. The van der Waals surface area contributed by atoms with Crippen LogP contribution in [-0.4, -0.2) is 38.6 Å². The molecule has 13 heteroatoms. The molecule has 0 saturated heterocycles. The number of nitrogens with two attached hydrogens (primary N) is 1. The summed E-state index contributed by atoms with van der Waals surface area (Å²) in [6, 6.07) is 14.2. The highest BCUT2D eigenvalue weighted by Gasteiger charge is 2.29. The summed E-state index contributed by atoms with van der Waals surface area (Å²) < 4.78 is 36.7. The molecular formula is C39H35Cl2F2N7O2. The fraction of sp³-hybridized carbons (Fsp3) is 0.256. The first-order valence-corrected chi connectivity index (χ1v) is 17.6. The van der Waals surface area contributed by atoms with E-state index in [4.69, 9.17) is 33.9 Å². The van der Waals surface area contributed by atoms with Crippen molar-refractivity contribution in [1.82, 2.24) is 24.4 Å². The van der Waals surface area contributed by atoms with Crippen LogP contribution in [0.1, 0.15) is 66.8 Å². The zero-order valence-corrected chi connectivity index (χ0v) is 30.2. The number of hydrogen-bond acceptors (Lipinski definition) is 6. The number of pyridine rings is 1. The van der Waals surface area contributed by atoms with Crippen molar-refractivity contribution in [3.63, 3.8) is 0 Å². The molecule has 0 bridgehead atoms. The highest BCUT2D eigenvalue weighted by Crippen LogP contribution is 2.45. The molecule has 3 heterocycles. The monoisotopic (exact) mass is 741 g/mol. The second-order valence-electron chi connectivity index (χ2n) is 12.5. The van der Waals surface area contributed by atoms with Crippen LogP contribution in [0.5, 0.6) is 0 Å². The highest BCUT2D eigenvalue weighted by molar-refractivity contribution is 6.43. The van der Waals surface area contributed by atoms with Crippen molar-refractivity contribution in [3.8, 4) is 28.5 Å². The molecule has 9 nitrogen and oxygen atoms in total. The summed E-state index contributed by atoms with van der Waals surface area (Å²) in [6.07, 6.45) is 5.86. The van der Waals surface area contributed by atoms with Gasteiger partial charge in [0.15, 0.2) is 5.82 Å². The Balaban J connectivity index is 1.82. The molecule has 0 aliphatic rings. The smallest absolute Gasteiger partial charge is 0.269 e. The van der Waals surface area contributed by atoms with Crippen LogP contribution < -0.4 is 16.6 Å². The lowest BCUT2D eigenvalue weighted by atomic mass is 9.92. The number of amides is 1. The molecule has 0 fully saturated rings. The number of nitrogens with one attached hydrogen (secondary N) is 1. The minimum Gasteiger partial charge on any atom is -0.355 e. The summed E-state index contributed by atoms with van der Waals surface area (Å²) in [7, 11) is 1.41. The average molecular weight is 743 g/mol. The van der Waals surface area contributed by atoms with Gasteiger partial charge in [-0.3, -0.25) is 14.6 Å². The van der Waals surface area contributed by atoms with Crippen molar-refractivity contribution in [2.24, 2.45) is 5.73 Å². The maximum atomic E-state index is 17.5. The topological polar surface area (TPSA) is 132 Å². The van der Waals surface area contributed by atoms with E-state index in [0.29, 0.717) is 58.1 Å². The first-order valence-electron chi connectivity index (χ1n) is 16.8. The van der Waals surface area contributed by atoms with Gasteiger partial charge in [0.05, 0.1) is 45.1 Å². The predicted molar refractivity (Wildman–Crippen MR) is 201 cm³/mol. The summed E-state index contributed by atoms with van der Waals surface area (Å²) in [4.78, 5) is 34.3. The minimum atomic E-state index is -0.781. The lowest BCUT2D eigenvalue weighted by Crippen LogP contribution is -2.26. The number of aromatic nitrogens is 4. The molecule has 3 aromatic carbocycles. The van der Waals surface area contributed by atoms with Crippen LogP contribution in [0.3, 0.4) is 0 Å². The van der Waals surface area contributed by atoms with E-state index in [0.717, 1.165) is 0 Å². The van der Waals surface area contributed by atoms with E-state index >= 15 is 8.78 Å². The number of hydrogen-bond donors (Lipinski definition) is 2. The SMILES string of the molecule is CCC(CCN)n1c(C(C)n2ccncc2=O)cc2c(-c3ccc(C(=O)NC)c(F)c3)nc3c(F)c(-c4cccc(Cl)c4Cl)c(CCC#N)cc3c21. The largest absolute Gasteiger partial charge is 0.355 e. The summed E-state index contributed by atoms with van der Waals surface area (Å²) in [5.74, 6) is -2.08. The van der Waals surface area contributed by atoms with Gasteiger partial charge >= 0.3 is 0 Å². The lowest BCUT2D eigenvalue weighted by Gasteiger charge is -2.26. The Bertz CT molecular complexity index is 2460. The number of halogens is 4. The van der Waals surface area contributed by atoms with Gasteiger partial charge in [-0.1, -0.05) is 48.3 Å². The van der Waals surface area contributed by atoms with Gasteiger partial charge in [-0.25, -0.2) is 13.8 Å². The Hall–Kier alpha value is -5.15. The molecular weight excluding hydrogens is 707 g/mol. The van der Waals surface area contributed by atoms with Gasteiger partial charge in [-0.2, -0.15) is 5.26 Å². The normalized spacial score (nSPS) is 12.6. The molecule has 6 rings (SSSR count). The van der Waals surface area contributed by atoms with Crippen molar-refractivity contribution < 1.29 is 13.6 Å². The van der Waals surface area contributed by atoms with E-state index < -0.39 is 23.6 Å². The predicted octanol–water partition coefficient (Wildman–Crippen LogP) is 8.39. The summed E-state index contributed by atoms with van der Waals surface area (Å²) in [5, 5.41) is 13.4. The Kier molecular flexibility index (Phi) is 10.7. The molecule has 6 aromatic rings. The summed E-state index contributed by atoms with van der Waals surface area (Å²) in [5.41, 5.74) is 8.53. The van der Waals surface area contributed by atoms with Crippen molar-refractivity contribution in [3.05, 3.63) is 116 Å². The van der Waals surface area contributed by atoms with Crippen LogP contribution >= 0.6 is 23.2 Å². The van der Waals surface area contributed by atoms with Crippen molar-refractivity contribution in [1.29, 1.82) is 5.26 Å². The van der Waals surface area contributed by atoms with E-state index in [1.807, 2.05) is 26.0 Å². The second-order valence-corrected chi connectivity index (χ2v) is 13.2. The fourth-order valence-corrected chi connectivity index (χ4v) is 7.37. The average Bonchev–Trinajstić information content (AvgIpc) is 3.54. The Morgan fingerprint density at radius 2 is 1.92 bits per heavy atom. The first kappa shape index (κ1) is 36.6. The van der Waals surface area contributed by atoms with E-state index in [1.165, 1.54) is 31.6 Å². The number of carbonyl (C=O) groups is 1. The van der Waals surface area contributed by atoms with Gasteiger partial charge in [-0.15, -0.1) is 0 Å². The summed E-state index contributed by atoms with van der Waals surface area (Å²) >= 11 is 13.1. The summed E-state index contributed by atoms with van der Waals surface area (Å²) in [6.45, 7) is 4.25. The fourth-order valence-electron chi connectivity index (χ4n) is 6.97. The Morgan fingerprint density at radius 1 is 1.13 bits per heavy atom. The molecule has 2 unspecified atom stereocenters. The maximum absolute atomic E-state index is 17.5. The van der Waals surface area contributed by atoms with Gasteiger partial charge in [0.2, 0.25) is 0 Å². The van der Waals surface area contributed by atoms with Gasteiger partial charge in [0, 0.05) is 65.1 Å². The Labute approximate surface area is 308 Å². The third-order valence-electron chi connectivity index (χ3n) is 9.50. The van der Waals surface area contributed by atoms with Gasteiger partial charge < -0.3 is 20.2 Å².